The molecule has 0 bridgehead atoms. The van der Waals surface area contributed by atoms with Gasteiger partial charge >= 0.3 is 0 Å². The zero-order valence-corrected chi connectivity index (χ0v) is 17.9. The summed E-state index contributed by atoms with van der Waals surface area (Å²) in [6.45, 7) is 6.23. The fraction of sp³-hybridized carbons (Fsp3) is 0.435. The van der Waals surface area contributed by atoms with Crippen molar-refractivity contribution in [2.75, 3.05) is 42.6 Å². The highest BCUT2D eigenvalue weighted by atomic mass is 19.1. The number of anilines is 2. The molecule has 8 nitrogen and oxygen atoms in total. The van der Waals surface area contributed by atoms with Crippen LogP contribution >= 0.6 is 0 Å². The normalized spacial score (nSPS) is 21.5. The van der Waals surface area contributed by atoms with Crippen LogP contribution in [0, 0.1) is 11.4 Å². The van der Waals surface area contributed by atoms with E-state index in [1.807, 2.05) is 12.3 Å². The molecule has 3 aliphatic heterocycles. The van der Waals surface area contributed by atoms with Crippen molar-refractivity contribution in [2.24, 2.45) is 5.41 Å². The Kier molecular flexibility index (Phi) is 4.53. The molecule has 1 unspecified atom stereocenters. The van der Waals surface area contributed by atoms with E-state index in [1.165, 1.54) is 0 Å². The summed E-state index contributed by atoms with van der Waals surface area (Å²) < 4.78 is 20.0. The Balaban J connectivity index is 1.27. The van der Waals surface area contributed by atoms with Crippen molar-refractivity contribution in [3.05, 3.63) is 54.0 Å². The van der Waals surface area contributed by atoms with Gasteiger partial charge in [-0.05, 0) is 19.4 Å². The average Bonchev–Trinajstić information content (AvgIpc) is 3.26. The number of nitrogens with zero attached hydrogens (tertiary/aromatic N) is 7. The quantitative estimate of drug-likeness (QED) is 0.584. The van der Waals surface area contributed by atoms with Crippen LogP contribution in [0.15, 0.2) is 36.8 Å². The molecule has 0 radical (unpaired) electrons. The topological polar surface area (TPSA) is 80.2 Å². The van der Waals surface area contributed by atoms with Gasteiger partial charge in [0.25, 0.3) is 0 Å². The summed E-state index contributed by atoms with van der Waals surface area (Å²) in [5.74, 6) is 1.25. The van der Waals surface area contributed by atoms with Gasteiger partial charge in [-0.3, -0.25) is 0 Å². The minimum Gasteiger partial charge on any atom is -0.380 e. The van der Waals surface area contributed by atoms with Crippen LogP contribution in [-0.2, 0) is 11.2 Å². The van der Waals surface area contributed by atoms with Gasteiger partial charge in [0.05, 0.1) is 24.9 Å². The van der Waals surface area contributed by atoms with Crippen molar-refractivity contribution in [1.82, 2.24) is 24.9 Å². The fourth-order valence-corrected chi connectivity index (χ4v) is 4.98. The Morgan fingerprint density at radius 1 is 1.06 bits per heavy atom. The lowest BCUT2D eigenvalue weighted by atomic mass is 9.85. The molecule has 0 amide bonds. The number of halogens is 1. The molecule has 6 heterocycles. The zero-order chi connectivity index (χ0) is 21.7. The Labute approximate surface area is 185 Å². The molecule has 0 N–H and O–H groups in total. The van der Waals surface area contributed by atoms with Crippen molar-refractivity contribution < 1.29 is 9.13 Å². The van der Waals surface area contributed by atoms with E-state index in [0.29, 0.717) is 24.0 Å². The van der Waals surface area contributed by atoms with Crippen LogP contribution in [0.2, 0.25) is 0 Å². The maximum absolute atomic E-state index is 14.6. The van der Waals surface area contributed by atoms with Crippen molar-refractivity contribution in [2.45, 2.75) is 25.8 Å². The second kappa shape index (κ2) is 7.44. The predicted octanol–water partition coefficient (Wildman–Crippen LogP) is 2.82. The molecular weight excluding hydrogens is 409 g/mol. The van der Waals surface area contributed by atoms with Crippen LogP contribution in [-0.4, -0.2) is 57.8 Å². The van der Waals surface area contributed by atoms with Gasteiger partial charge in [0.1, 0.15) is 5.82 Å². The van der Waals surface area contributed by atoms with Gasteiger partial charge in [-0.15, -0.1) is 0 Å². The first kappa shape index (κ1) is 19.5. The number of hydrogen-bond acceptors (Lipinski definition) is 8. The molecule has 0 saturated carbocycles. The number of rotatable bonds is 3. The molecule has 2 fully saturated rings. The summed E-state index contributed by atoms with van der Waals surface area (Å²) in [4.78, 5) is 26.3. The van der Waals surface area contributed by atoms with Crippen LogP contribution in [0.4, 0.5) is 15.9 Å². The van der Waals surface area contributed by atoms with Crippen molar-refractivity contribution in [3.8, 4) is 11.6 Å². The molecule has 32 heavy (non-hydrogen) atoms. The summed E-state index contributed by atoms with van der Waals surface area (Å²) in [6.07, 6.45) is 7.02. The van der Waals surface area contributed by atoms with E-state index < -0.39 is 5.95 Å². The Morgan fingerprint density at radius 2 is 1.91 bits per heavy atom. The summed E-state index contributed by atoms with van der Waals surface area (Å²) in [7, 11) is 0. The van der Waals surface area contributed by atoms with E-state index in [2.05, 4.69) is 36.7 Å². The third-order valence-corrected chi connectivity index (χ3v) is 6.85. The van der Waals surface area contributed by atoms with Gasteiger partial charge in [0.15, 0.2) is 11.6 Å². The molecule has 3 aromatic heterocycles. The molecule has 9 heteroatoms. The molecule has 1 atom stereocenters. The second-order valence-electron chi connectivity index (χ2n) is 8.96. The Hall–Kier alpha value is -3.20. The Bertz CT molecular complexity index is 1150. The lowest BCUT2D eigenvalue weighted by molar-refractivity contribution is -0.0985. The first-order valence-corrected chi connectivity index (χ1v) is 11.0. The number of hydrogen-bond donors (Lipinski definition) is 0. The van der Waals surface area contributed by atoms with Crippen LogP contribution in [0.25, 0.3) is 11.6 Å². The largest absolute Gasteiger partial charge is 0.380 e. The van der Waals surface area contributed by atoms with Crippen molar-refractivity contribution in [3.63, 3.8) is 0 Å². The Morgan fingerprint density at radius 3 is 2.66 bits per heavy atom. The molecule has 6 rings (SSSR count). The number of aromatic nitrogens is 5. The van der Waals surface area contributed by atoms with Gasteiger partial charge < -0.3 is 14.5 Å². The highest BCUT2D eigenvalue weighted by molar-refractivity contribution is 5.58. The van der Waals surface area contributed by atoms with Crippen molar-refractivity contribution >= 4 is 11.5 Å². The van der Waals surface area contributed by atoms with Gasteiger partial charge in [0, 0.05) is 73.4 Å². The number of ether oxygens (including phenoxy) is 1. The monoisotopic (exact) mass is 433 g/mol. The molecule has 2 saturated heterocycles. The molecule has 0 aliphatic carbocycles. The van der Waals surface area contributed by atoms with E-state index in [4.69, 9.17) is 9.72 Å². The highest BCUT2D eigenvalue weighted by Gasteiger charge is 2.44. The molecule has 3 aliphatic rings. The minimum atomic E-state index is -0.450. The van der Waals surface area contributed by atoms with Gasteiger partial charge in [0.2, 0.25) is 5.95 Å². The van der Waals surface area contributed by atoms with Gasteiger partial charge in [-0.1, -0.05) is 0 Å². The first-order valence-electron chi connectivity index (χ1n) is 11.0. The summed E-state index contributed by atoms with van der Waals surface area (Å²) in [5, 5.41) is 0. The minimum absolute atomic E-state index is 0.0170. The van der Waals surface area contributed by atoms with E-state index in [9.17, 15) is 4.39 Å². The van der Waals surface area contributed by atoms with Gasteiger partial charge in [-0.25, -0.2) is 24.9 Å². The summed E-state index contributed by atoms with van der Waals surface area (Å²) in [6, 6.07) is 5.30. The highest BCUT2D eigenvalue weighted by Crippen LogP contribution is 2.40. The zero-order valence-electron chi connectivity index (χ0n) is 17.9. The maximum atomic E-state index is 14.6. The SMILES string of the molecule is CC1c2cnc(-c3ncccn3)nc2CCN1c1cc(N2CCC3(COC3)C2)cc(F)n1. The molecule has 164 valence electrons. The van der Waals surface area contributed by atoms with E-state index in [0.717, 1.165) is 56.1 Å². The smallest absolute Gasteiger partial charge is 0.216 e. The van der Waals surface area contributed by atoms with Crippen LogP contribution < -0.4 is 9.80 Å². The summed E-state index contributed by atoms with van der Waals surface area (Å²) >= 11 is 0. The van der Waals surface area contributed by atoms with Gasteiger partial charge in [-0.2, -0.15) is 4.39 Å². The first-order chi connectivity index (χ1) is 15.6. The maximum Gasteiger partial charge on any atom is 0.216 e. The molecule has 1 spiro atoms. The van der Waals surface area contributed by atoms with Crippen LogP contribution in [0.5, 0.6) is 0 Å². The van der Waals surface area contributed by atoms with E-state index in [1.54, 1.807) is 24.5 Å². The van der Waals surface area contributed by atoms with Crippen LogP contribution in [0.1, 0.15) is 30.6 Å². The molecule has 0 aromatic carbocycles. The third kappa shape index (κ3) is 3.28. The number of fused-ring (bicyclic) bond motifs is 1. The van der Waals surface area contributed by atoms with E-state index in [-0.39, 0.29) is 11.5 Å². The lowest BCUT2D eigenvalue weighted by Crippen LogP contribution is -2.44. The number of pyridine rings is 1. The lowest BCUT2D eigenvalue weighted by Gasteiger charge is -2.38. The van der Waals surface area contributed by atoms with Crippen molar-refractivity contribution in [1.29, 1.82) is 0 Å². The molecule has 3 aromatic rings. The third-order valence-electron chi connectivity index (χ3n) is 6.85. The average molecular weight is 433 g/mol. The van der Waals surface area contributed by atoms with Crippen LogP contribution in [0.3, 0.4) is 0 Å². The molecular formula is C23H24FN7O. The van der Waals surface area contributed by atoms with E-state index >= 15 is 0 Å². The fourth-order valence-electron chi connectivity index (χ4n) is 4.98. The second-order valence-corrected chi connectivity index (χ2v) is 8.96. The predicted molar refractivity (Wildman–Crippen MR) is 117 cm³/mol. The standard InChI is InChI=1S/C23H24FN7O/c1-15-17-11-27-22(21-25-5-2-6-26-21)28-18(17)3-7-31(15)20-10-16(9-19(24)29-20)30-8-4-23(12-30)13-32-14-23/h2,5-6,9-11,15H,3-4,7-8,12-14H2,1H3. The summed E-state index contributed by atoms with van der Waals surface area (Å²) in [5.41, 5.74) is 3.14.